The third-order valence-corrected chi connectivity index (χ3v) is 5.17. The summed E-state index contributed by atoms with van der Waals surface area (Å²) in [6.45, 7) is 3.44. The molecule has 0 radical (unpaired) electrons. The largest absolute Gasteiger partial charge is 0.268 e. The van der Waals surface area contributed by atoms with Gasteiger partial charge in [-0.15, -0.1) is 0 Å². The first-order chi connectivity index (χ1) is 10.7. The number of imide groups is 1. The number of amides is 2. The maximum absolute atomic E-state index is 12.6. The molecule has 0 spiro atoms. The van der Waals surface area contributed by atoms with Crippen LogP contribution in [0.1, 0.15) is 31.8 Å². The lowest BCUT2D eigenvalue weighted by molar-refractivity contribution is 0.0926. The molecule has 23 heavy (non-hydrogen) atoms. The average molecular weight is 329 g/mol. The summed E-state index contributed by atoms with van der Waals surface area (Å²) in [6, 6.07) is 9.65. The van der Waals surface area contributed by atoms with Crippen LogP contribution in [-0.4, -0.2) is 26.5 Å². The average Bonchev–Trinajstić information content (AvgIpc) is 2.71. The van der Waals surface area contributed by atoms with E-state index in [1.165, 1.54) is 6.07 Å². The zero-order chi connectivity index (χ0) is 16.9. The highest BCUT2D eigenvalue weighted by atomic mass is 32.2. The fraction of sp³-hybridized carbons (Fsp3) is 0.176. The zero-order valence-electron chi connectivity index (χ0n) is 13.0. The van der Waals surface area contributed by atoms with E-state index in [4.69, 9.17) is 0 Å². The first-order valence-electron chi connectivity index (χ1n) is 7.01. The summed E-state index contributed by atoms with van der Waals surface area (Å²) in [7, 11) is -3.45. The van der Waals surface area contributed by atoms with Gasteiger partial charge < -0.3 is 0 Å². The van der Waals surface area contributed by atoms with Gasteiger partial charge in [0.25, 0.3) is 11.8 Å². The maximum atomic E-state index is 12.6. The second-order valence-electron chi connectivity index (χ2n) is 5.67. The minimum Gasteiger partial charge on any atom is -0.268 e. The summed E-state index contributed by atoms with van der Waals surface area (Å²) in [5, 5.41) is 0. The Morgan fingerprint density at radius 1 is 0.870 bits per heavy atom. The Kier molecular flexibility index (Phi) is 3.37. The van der Waals surface area contributed by atoms with Crippen LogP contribution >= 0.6 is 0 Å². The van der Waals surface area contributed by atoms with E-state index in [0.717, 1.165) is 11.2 Å². The molecular formula is C17H15NO4S. The van der Waals surface area contributed by atoms with Gasteiger partial charge in [-0.25, -0.2) is 13.3 Å². The highest BCUT2D eigenvalue weighted by molar-refractivity contribution is 7.90. The molecular weight excluding hydrogens is 314 g/mol. The van der Waals surface area contributed by atoms with Gasteiger partial charge in [-0.3, -0.25) is 9.59 Å². The number of sulfone groups is 1. The van der Waals surface area contributed by atoms with Crippen LogP contribution in [0.25, 0.3) is 0 Å². The molecule has 2 aromatic carbocycles. The molecule has 0 aromatic heterocycles. The molecule has 0 saturated heterocycles. The van der Waals surface area contributed by atoms with E-state index >= 15 is 0 Å². The molecule has 1 aliphatic heterocycles. The van der Waals surface area contributed by atoms with Gasteiger partial charge in [0.15, 0.2) is 9.84 Å². The SMILES string of the molecule is Cc1cc(C)c(S(C)(=O)=O)cc1N1C(=O)c2ccccc2C1=O. The van der Waals surface area contributed by atoms with E-state index in [1.54, 1.807) is 44.2 Å². The van der Waals surface area contributed by atoms with Crippen molar-refractivity contribution in [1.29, 1.82) is 0 Å². The molecule has 1 heterocycles. The van der Waals surface area contributed by atoms with Gasteiger partial charge in [0.05, 0.1) is 21.7 Å². The fourth-order valence-electron chi connectivity index (χ4n) is 2.87. The van der Waals surface area contributed by atoms with Crippen molar-refractivity contribution in [3.63, 3.8) is 0 Å². The lowest BCUT2D eigenvalue weighted by Gasteiger charge is -2.18. The van der Waals surface area contributed by atoms with Crippen molar-refractivity contribution < 1.29 is 18.0 Å². The van der Waals surface area contributed by atoms with E-state index in [0.29, 0.717) is 27.9 Å². The van der Waals surface area contributed by atoms with Gasteiger partial charge in [0.2, 0.25) is 0 Å². The van der Waals surface area contributed by atoms with Crippen LogP contribution in [0.3, 0.4) is 0 Å². The number of fused-ring (bicyclic) bond motifs is 1. The van der Waals surface area contributed by atoms with Crippen molar-refractivity contribution in [2.75, 3.05) is 11.2 Å². The third kappa shape index (κ3) is 2.35. The van der Waals surface area contributed by atoms with Crippen molar-refractivity contribution >= 4 is 27.3 Å². The molecule has 0 atom stereocenters. The highest BCUT2D eigenvalue weighted by Gasteiger charge is 2.37. The van der Waals surface area contributed by atoms with Gasteiger partial charge in [0, 0.05) is 6.26 Å². The molecule has 6 heteroatoms. The number of carbonyl (C=O) groups excluding carboxylic acids is 2. The second-order valence-corrected chi connectivity index (χ2v) is 7.65. The van der Waals surface area contributed by atoms with Crippen molar-refractivity contribution in [3.05, 3.63) is 58.7 Å². The van der Waals surface area contributed by atoms with E-state index in [-0.39, 0.29) is 4.90 Å². The Morgan fingerprint density at radius 2 is 1.39 bits per heavy atom. The lowest BCUT2D eigenvalue weighted by Crippen LogP contribution is -2.30. The Balaban J connectivity index is 2.21. The number of benzene rings is 2. The highest BCUT2D eigenvalue weighted by Crippen LogP contribution is 2.33. The molecule has 5 nitrogen and oxygen atoms in total. The smallest absolute Gasteiger partial charge is 0.266 e. The van der Waals surface area contributed by atoms with Crippen LogP contribution < -0.4 is 4.90 Å². The first kappa shape index (κ1) is 15.4. The van der Waals surface area contributed by atoms with E-state index < -0.39 is 21.7 Å². The molecule has 0 N–H and O–H groups in total. The van der Waals surface area contributed by atoms with E-state index in [1.807, 2.05) is 0 Å². The Morgan fingerprint density at radius 3 is 1.87 bits per heavy atom. The summed E-state index contributed by atoms with van der Waals surface area (Å²) >= 11 is 0. The predicted octanol–water partition coefficient (Wildman–Crippen LogP) is 2.51. The van der Waals surface area contributed by atoms with Crippen molar-refractivity contribution in [1.82, 2.24) is 0 Å². The summed E-state index contributed by atoms with van der Waals surface area (Å²) < 4.78 is 23.9. The Bertz CT molecular complexity index is 926. The van der Waals surface area contributed by atoms with Crippen LogP contribution in [0.15, 0.2) is 41.3 Å². The number of hydrogen-bond acceptors (Lipinski definition) is 4. The predicted molar refractivity (Wildman–Crippen MR) is 86.6 cm³/mol. The summed E-state index contributed by atoms with van der Waals surface area (Å²) in [4.78, 5) is 26.3. The first-order valence-corrected chi connectivity index (χ1v) is 8.90. The lowest BCUT2D eigenvalue weighted by atomic mass is 10.1. The topological polar surface area (TPSA) is 71.5 Å². The van der Waals surface area contributed by atoms with Crippen LogP contribution in [-0.2, 0) is 9.84 Å². The number of nitrogens with zero attached hydrogens (tertiary/aromatic N) is 1. The number of aryl methyl sites for hydroxylation is 2. The Hall–Kier alpha value is -2.47. The minimum absolute atomic E-state index is 0.120. The summed E-state index contributed by atoms with van der Waals surface area (Å²) in [5.41, 5.74) is 2.23. The van der Waals surface area contributed by atoms with Crippen molar-refractivity contribution in [2.45, 2.75) is 18.7 Å². The van der Waals surface area contributed by atoms with Crippen molar-refractivity contribution in [2.24, 2.45) is 0 Å². The molecule has 3 rings (SSSR count). The third-order valence-electron chi connectivity index (χ3n) is 3.93. The monoisotopic (exact) mass is 329 g/mol. The number of anilines is 1. The fourth-order valence-corrected chi connectivity index (χ4v) is 3.84. The molecule has 1 aliphatic rings. The molecule has 118 valence electrons. The van der Waals surface area contributed by atoms with Crippen LogP contribution in [0.5, 0.6) is 0 Å². The summed E-state index contributed by atoms with van der Waals surface area (Å²) in [5.74, 6) is -0.867. The number of rotatable bonds is 2. The quantitative estimate of drug-likeness (QED) is 0.794. The van der Waals surface area contributed by atoms with E-state index in [2.05, 4.69) is 0 Å². The molecule has 2 aromatic rings. The Labute approximate surface area is 134 Å². The van der Waals surface area contributed by atoms with Gasteiger partial charge in [-0.1, -0.05) is 18.2 Å². The number of carbonyl (C=O) groups is 2. The second kappa shape index (κ2) is 5.03. The van der Waals surface area contributed by atoms with Gasteiger partial charge in [-0.05, 0) is 43.2 Å². The number of hydrogen-bond donors (Lipinski definition) is 0. The van der Waals surface area contributed by atoms with E-state index in [9.17, 15) is 18.0 Å². The normalized spacial score (nSPS) is 14.3. The molecule has 2 amide bonds. The molecule has 0 bridgehead atoms. The van der Waals surface area contributed by atoms with Crippen molar-refractivity contribution in [3.8, 4) is 0 Å². The minimum atomic E-state index is -3.45. The molecule has 0 saturated carbocycles. The standard InChI is InChI=1S/C17H15NO4S/c1-10-8-11(2)15(23(3,21)22)9-14(10)18-16(19)12-6-4-5-7-13(12)17(18)20/h4-9H,1-3H3. The van der Waals surface area contributed by atoms with Gasteiger partial charge in [0.1, 0.15) is 0 Å². The molecule has 0 fully saturated rings. The van der Waals surface area contributed by atoms with Crippen LogP contribution in [0, 0.1) is 13.8 Å². The maximum Gasteiger partial charge on any atom is 0.266 e. The van der Waals surface area contributed by atoms with Gasteiger partial charge in [-0.2, -0.15) is 0 Å². The zero-order valence-corrected chi connectivity index (χ0v) is 13.8. The summed E-state index contributed by atoms with van der Waals surface area (Å²) in [6.07, 6.45) is 1.11. The van der Waals surface area contributed by atoms with Crippen LogP contribution in [0.4, 0.5) is 5.69 Å². The van der Waals surface area contributed by atoms with Gasteiger partial charge >= 0.3 is 0 Å². The molecule has 0 unspecified atom stereocenters. The van der Waals surface area contributed by atoms with Crippen LogP contribution in [0.2, 0.25) is 0 Å². The molecule has 0 aliphatic carbocycles.